The number of carbonyl (C=O) groups excluding carboxylic acids is 15. The highest BCUT2D eigenvalue weighted by Crippen LogP contribution is 2.40. The first kappa shape index (κ1) is 81.6. The number of carboxylic acid groups (broad SMARTS) is 8. The molecule has 12 atom stereocenters. The van der Waals surface area contributed by atoms with Crippen LogP contribution in [0.5, 0.6) is 6.01 Å². The number of hydrogen-bond donors (Lipinski definition) is 11. The number of hydrogen-bond acceptors (Lipinski definition) is 34. The first-order valence-corrected chi connectivity index (χ1v) is 30.3. The zero-order valence-corrected chi connectivity index (χ0v) is 51.8. The van der Waals surface area contributed by atoms with Gasteiger partial charge in [-0.25, -0.2) is 4.98 Å². The average molecular weight is 1410 g/mol. The van der Waals surface area contributed by atoms with Crippen LogP contribution < -0.4 is 99.1 Å². The molecule has 1 unspecified atom stereocenters. The Morgan fingerprint density at radius 2 is 0.857 bits per heavy atom. The molecule has 0 saturated heterocycles. The minimum Gasteiger partial charge on any atom is -0.846 e. The van der Waals surface area contributed by atoms with Crippen LogP contribution in [0, 0.1) is 0 Å². The van der Waals surface area contributed by atoms with E-state index in [9.17, 15) is 152 Å². The highest BCUT2D eigenvalue weighted by Gasteiger charge is 2.31. The van der Waals surface area contributed by atoms with Crippen LogP contribution in [0.15, 0.2) is 33.9 Å². The van der Waals surface area contributed by atoms with Crippen molar-refractivity contribution in [1.29, 1.82) is 0 Å². The van der Waals surface area contributed by atoms with Crippen molar-refractivity contribution in [3.8, 4) is 17.3 Å². The monoisotopic (exact) mass is 1410 g/mol. The summed E-state index contributed by atoms with van der Waals surface area (Å²) in [5.74, 6) is -24.5. The fourth-order valence-electron chi connectivity index (χ4n) is 8.76. The maximum atomic E-state index is 12.8. The summed E-state index contributed by atoms with van der Waals surface area (Å²) in [4.78, 5) is 224. The SMILES string of the molecule is C[C@H](OP(=O)([O-])OC[C@@H](O)[C@@H](O)[C@@H](O)Cn1c2cc(=O)ccc-2cc2c(=O)[nH]c([O-])nc21)C(=O)N[C@@H](CCC(=O)N[C@@H](CCC(=O)N[C@@H](CCC(=O)N[C@@H](CCC(=O)N[C@@H](CCC(=O)N[C@@H](CCC(=O)N[C@@H](CCC(=O)[O-])C(=O)[O-])C(=O)[O-])C(=O)[O-])C(=O)[O-])C(=O)[O-])C(=O)[O-])C(=O)[O-]. The van der Waals surface area contributed by atoms with Gasteiger partial charge in [-0.15, -0.1) is 0 Å². The van der Waals surface area contributed by atoms with Crippen molar-refractivity contribution in [1.82, 2.24) is 51.8 Å². The lowest BCUT2D eigenvalue weighted by Crippen LogP contribution is -2.52. The fraction of sp³-hybridized carbons (Fsp3) is 0.519. The molecule has 1 aromatic heterocycles. The van der Waals surface area contributed by atoms with Gasteiger partial charge in [0.2, 0.25) is 41.4 Å². The Hall–Kier alpha value is -10.6. The number of amides is 7. The van der Waals surface area contributed by atoms with Crippen LogP contribution in [0.1, 0.15) is 96.8 Å². The van der Waals surface area contributed by atoms with Crippen molar-refractivity contribution in [3.63, 3.8) is 0 Å². The van der Waals surface area contributed by atoms with Crippen molar-refractivity contribution in [2.75, 3.05) is 6.61 Å². The van der Waals surface area contributed by atoms with Crippen LogP contribution in [0.25, 0.3) is 22.3 Å². The number of aliphatic carboxylic acids is 8. The third-order valence-corrected chi connectivity index (χ3v) is 14.9. The quantitative estimate of drug-likeness (QED) is 0.0185. The van der Waals surface area contributed by atoms with Crippen molar-refractivity contribution < 1.29 is 152 Å². The Labute approximate surface area is 548 Å². The molecule has 3 rings (SSSR count). The van der Waals surface area contributed by atoms with Crippen LogP contribution in [-0.4, -0.2) is 192 Å². The summed E-state index contributed by atoms with van der Waals surface area (Å²) in [6.07, 6.45) is -20.4. The largest absolute Gasteiger partial charge is 0.846 e. The predicted molar refractivity (Wildman–Crippen MR) is 293 cm³/mol. The standard InChI is InChI=1S/C54H71N10O33P/c1-22(97-98(94,95)96-21-35(67)43(76)34(66)20-64-33-19-24(65)3-2-23(33)18-25-44(64)62-54(93)63-46(25)78)45(77)61-32(53(91)92)9-16-41(73)59-30(51(87)88)7-14-39(71)57-28(49(83)84)5-12-37(69)55-26(47(79)80)4-11-36(68)56-27(48(81)82)6-13-38(70)58-29(50(85)86)8-15-40(72)60-31(52(89)90)10-17-42(74)75/h2-3,18-19,22,26-32,34-35,43,66-67,76H,4-17,20-21H2,1H3,(H,55,69)(H,56,68)(H,57,71)(H,58,70)(H,59,73)(H,60,72)(H,61,77)(H,74,75)(H,79,80)(H,81,82)(H,83,84)(H,85,86)(H,87,88)(H,89,90)(H,91,92)(H,94,95)(H2,62,63,78,93)/p-10/t22-,26-,27-,28-,29-,30-,31-,32-,34-,35+,43-/m0/s1. The van der Waals surface area contributed by atoms with Gasteiger partial charge in [-0.05, 0) is 82.1 Å². The number of aromatic nitrogens is 3. The van der Waals surface area contributed by atoms with Gasteiger partial charge in [-0.3, -0.25) is 47.7 Å². The molecule has 1 aliphatic heterocycles. The predicted octanol–water partition coefficient (Wildman–Crippen LogP) is -17.9. The van der Waals surface area contributed by atoms with Crippen LogP contribution >= 0.6 is 7.82 Å². The second-order valence-corrected chi connectivity index (χ2v) is 22.7. The molecule has 0 spiro atoms. The lowest BCUT2D eigenvalue weighted by atomic mass is 10.0. The number of nitrogens with zero attached hydrogens (tertiary/aromatic N) is 2. The van der Waals surface area contributed by atoms with Gasteiger partial charge in [0.25, 0.3) is 13.4 Å². The lowest BCUT2D eigenvalue weighted by Gasteiger charge is -2.30. The molecule has 1 aromatic rings. The number of carboxylic acids is 8. The molecule has 98 heavy (non-hydrogen) atoms. The number of phosphoric acid groups is 1. The second kappa shape index (κ2) is 38.2. The van der Waals surface area contributed by atoms with Crippen LogP contribution in [0.3, 0.4) is 0 Å². The molecule has 43 nitrogen and oxygen atoms in total. The fourth-order valence-corrected chi connectivity index (χ4v) is 9.63. The summed E-state index contributed by atoms with van der Waals surface area (Å²) >= 11 is 0. The summed E-state index contributed by atoms with van der Waals surface area (Å²) in [5.41, 5.74) is -1.57. The van der Waals surface area contributed by atoms with Gasteiger partial charge in [0, 0.05) is 50.6 Å². The molecular weight excluding hydrogens is 1350 g/mol. The highest BCUT2D eigenvalue weighted by molar-refractivity contribution is 7.45. The Bertz CT molecular complexity index is 3620. The number of pyridine rings is 1. The van der Waals surface area contributed by atoms with Gasteiger partial charge in [0.05, 0.1) is 114 Å². The number of H-pyrrole nitrogens is 1. The minimum absolute atomic E-state index is 0.0123. The third-order valence-electron chi connectivity index (χ3n) is 13.9. The maximum absolute atomic E-state index is 12.8. The number of nitrogens with one attached hydrogen (secondary N) is 8. The number of carbonyl (C=O) groups is 15. The van der Waals surface area contributed by atoms with E-state index in [2.05, 4.69) is 14.0 Å². The molecule has 2 aliphatic rings. The smallest absolute Gasteiger partial charge is 0.268 e. The van der Waals surface area contributed by atoms with Gasteiger partial charge in [0.1, 0.15) is 30.1 Å². The first-order valence-electron chi connectivity index (χ1n) is 28.8. The van der Waals surface area contributed by atoms with Crippen molar-refractivity contribution in [2.24, 2.45) is 0 Å². The number of phosphoric ester groups is 1. The van der Waals surface area contributed by atoms with Gasteiger partial charge in [0.15, 0.2) is 5.43 Å². The lowest BCUT2D eigenvalue weighted by molar-refractivity contribution is -0.311. The molecule has 7 amide bonds. The van der Waals surface area contributed by atoms with Crippen LogP contribution in [0.2, 0.25) is 0 Å². The molecule has 2 heterocycles. The van der Waals surface area contributed by atoms with Gasteiger partial charge >= 0.3 is 0 Å². The Morgan fingerprint density at radius 1 is 0.520 bits per heavy atom. The van der Waals surface area contributed by atoms with Crippen LogP contribution in [0.4, 0.5) is 0 Å². The molecule has 1 aliphatic carbocycles. The van der Waals surface area contributed by atoms with Crippen molar-refractivity contribution in [3.05, 3.63) is 44.8 Å². The summed E-state index contributed by atoms with van der Waals surface area (Å²) in [6, 6.07) is -10.4. The topological polar surface area (TPSA) is 735 Å². The molecule has 0 radical (unpaired) electrons. The highest BCUT2D eigenvalue weighted by atomic mass is 31.2. The zero-order valence-electron chi connectivity index (χ0n) is 50.9. The molecule has 540 valence electrons. The normalized spacial score (nSPS) is 15.2. The number of aromatic amines is 1. The van der Waals surface area contributed by atoms with E-state index in [1.165, 1.54) is 12.1 Å². The minimum atomic E-state index is -5.70. The Balaban J connectivity index is 1.45. The van der Waals surface area contributed by atoms with Crippen LogP contribution in [-0.2, 0) is 92.1 Å². The molecule has 0 fully saturated rings. The van der Waals surface area contributed by atoms with E-state index in [0.29, 0.717) is 0 Å². The second-order valence-electron chi connectivity index (χ2n) is 21.4. The summed E-state index contributed by atoms with van der Waals surface area (Å²) in [7, 11) is -5.70. The van der Waals surface area contributed by atoms with Gasteiger partial charge in [-0.2, -0.15) is 0 Å². The number of aliphatic hydroxyl groups is 3. The number of rotatable bonds is 45. The molecule has 11 N–H and O–H groups in total. The average Bonchev–Trinajstić information content (AvgIpc) is 0.759. The van der Waals surface area contributed by atoms with E-state index in [0.717, 1.165) is 23.6 Å². The zero-order chi connectivity index (χ0) is 74.1. The molecule has 0 aromatic carbocycles. The van der Waals surface area contributed by atoms with E-state index in [-0.39, 0.29) is 22.3 Å². The molecule has 0 saturated carbocycles. The summed E-state index contributed by atoms with van der Waals surface area (Å²) in [6.45, 7) is -1.39. The third kappa shape index (κ3) is 27.6. The van der Waals surface area contributed by atoms with Gasteiger partial charge in [-0.1, -0.05) is 0 Å². The van der Waals surface area contributed by atoms with Crippen molar-refractivity contribution in [2.45, 2.75) is 170 Å². The van der Waals surface area contributed by atoms with E-state index in [1.807, 2.05) is 36.9 Å². The van der Waals surface area contributed by atoms with E-state index < -0.39 is 284 Å². The molecular formula is C54H61N10O33P-10. The number of benzene rings is 1. The number of aliphatic hydroxyl groups excluding tert-OH is 3. The summed E-state index contributed by atoms with van der Waals surface area (Å²) < 4.78 is 22.7. The maximum Gasteiger partial charge on any atom is 0.268 e. The number of fused-ring (bicyclic) bond motifs is 2. The van der Waals surface area contributed by atoms with E-state index in [4.69, 9.17) is 0 Å². The Morgan fingerprint density at radius 3 is 1.19 bits per heavy atom. The summed E-state index contributed by atoms with van der Waals surface area (Å²) in [5, 5.41) is 150. The van der Waals surface area contributed by atoms with Gasteiger partial charge < -0.3 is 160 Å². The van der Waals surface area contributed by atoms with E-state index >= 15 is 0 Å². The Kier molecular flexibility index (Phi) is 31.8. The van der Waals surface area contributed by atoms with E-state index in [1.54, 1.807) is 5.32 Å². The first-order chi connectivity index (χ1) is 45.7. The van der Waals surface area contributed by atoms with Crippen molar-refractivity contribution >= 4 is 108 Å². The molecule has 0 bridgehead atoms. The molecule has 44 heteroatoms.